The molecule has 11 heteroatoms. The van der Waals surface area contributed by atoms with E-state index in [-0.39, 0.29) is 28.5 Å². The molecule has 0 fully saturated rings. The van der Waals surface area contributed by atoms with Crippen LogP contribution in [0, 0.1) is 0 Å². The summed E-state index contributed by atoms with van der Waals surface area (Å²) in [7, 11) is 4.35. The van der Waals surface area contributed by atoms with Crippen LogP contribution < -0.4 is 5.32 Å². The number of methoxy groups -OCH3 is 2. The number of rotatable bonds is 6. The molecule has 0 bridgehead atoms. The van der Waals surface area contributed by atoms with Gasteiger partial charge >= 0.3 is 11.9 Å². The number of hydrogen-bond donors (Lipinski definition) is 1. The first-order valence-corrected chi connectivity index (χ1v) is 10.7. The van der Waals surface area contributed by atoms with E-state index in [0.717, 1.165) is 22.7 Å². The summed E-state index contributed by atoms with van der Waals surface area (Å²) in [5.41, 5.74) is 2.82. The Hall–Kier alpha value is -3.99. The number of nitrogens with one attached hydrogen (secondary N) is 1. The van der Waals surface area contributed by atoms with Crippen molar-refractivity contribution in [1.82, 2.24) is 19.7 Å². The fourth-order valence-corrected chi connectivity index (χ4v) is 3.93. The molecular weight excluding hydrogens is 446 g/mol. The number of hydrogen-bond acceptors (Lipinski definition) is 9. The number of nitrogens with zero attached hydrogens (tertiary/aromatic N) is 4. The number of aromatic nitrogens is 4. The second-order valence-electron chi connectivity index (χ2n) is 6.96. The summed E-state index contributed by atoms with van der Waals surface area (Å²) in [6.45, 7) is 0. The maximum absolute atomic E-state index is 12.5. The van der Waals surface area contributed by atoms with Crippen molar-refractivity contribution < 1.29 is 23.9 Å². The van der Waals surface area contributed by atoms with Crippen LogP contribution in [0.4, 0.5) is 5.69 Å². The van der Waals surface area contributed by atoms with E-state index < -0.39 is 11.9 Å². The third-order valence-electron chi connectivity index (χ3n) is 4.88. The van der Waals surface area contributed by atoms with Crippen LogP contribution in [0.3, 0.4) is 0 Å². The van der Waals surface area contributed by atoms with E-state index in [9.17, 15) is 14.4 Å². The third kappa shape index (κ3) is 4.48. The van der Waals surface area contributed by atoms with Gasteiger partial charge in [0.15, 0.2) is 5.65 Å². The van der Waals surface area contributed by atoms with Gasteiger partial charge in [0.1, 0.15) is 5.52 Å². The number of para-hydroxylation sites is 1. The minimum absolute atomic E-state index is 0.00681. The Labute approximate surface area is 192 Å². The SMILES string of the molecule is COC(=O)c1cc(NC(=O)CSc2nnc3c4ccccc4n(C)c3n2)cc(C(=O)OC)c1. The van der Waals surface area contributed by atoms with Gasteiger partial charge in [-0.15, -0.1) is 10.2 Å². The summed E-state index contributed by atoms with van der Waals surface area (Å²) in [6.07, 6.45) is 0. The lowest BCUT2D eigenvalue weighted by molar-refractivity contribution is -0.113. The Kier molecular flexibility index (Phi) is 6.22. The van der Waals surface area contributed by atoms with E-state index in [0.29, 0.717) is 16.3 Å². The Bertz CT molecular complexity index is 1370. The van der Waals surface area contributed by atoms with E-state index in [4.69, 9.17) is 9.47 Å². The van der Waals surface area contributed by atoms with Crippen LogP contribution in [0.15, 0.2) is 47.6 Å². The average Bonchev–Trinajstić information content (AvgIpc) is 3.13. The van der Waals surface area contributed by atoms with Crippen molar-refractivity contribution in [1.29, 1.82) is 0 Å². The van der Waals surface area contributed by atoms with Crippen LogP contribution in [-0.2, 0) is 21.3 Å². The van der Waals surface area contributed by atoms with E-state index in [1.54, 1.807) is 0 Å². The van der Waals surface area contributed by atoms with E-state index in [2.05, 4.69) is 20.5 Å². The van der Waals surface area contributed by atoms with Crippen LogP contribution in [0.5, 0.6) is 0 Å². The number of aryl methyl sites for hydroxylation is 1. The molecule has 33 heavy (non-hydrogen) atoms. The highest BCUT2D eigenvalue weighted by Gasteiger charge is 2.16. The van der Waals surface area contributed by atoms with Crippen molar-refractivity contribution in [3.05, 3.63) is 53.6 Å². The van der Waals surface area contributed by atoms with Gasteiger partial charge in [-0.3, -0.25) is 4.79 Å². The van der Waals surface area contributed by atoms with E-state index in [1.807, 2.05) is 35.9 Å². The van der Waals surface area contributed by atoms with Crippen LogP contribution in [0.25, 0.3) is 22.1 Å². The third-order valence-corrected chi connectivity index (χ3v) is 5.72. The van der Waals surface area contributed by atoms with Crippen molar-refractivity contribution >= 4 is 57.4 Å². The Balaban J connectivity index is 1.51. The molecular formula is C22H19N5O5S. The summed E-state index contributed by atoms with van der Waals surface area (Å²) in [5, 5.41) is 12.4. The highest BCUT2D eigenvalue weighted by Crippen LogP contribution is 2.26. The molecule has 0 aliphatic heterocycles. The molecule has 0 atom stereocenters. The molecule has 4 rings (SSSR count). The van der Waals surface area contributed by atoms with Crippen molar-refractivity contribution in [3.63, 3.8) is 0 Å². The lowest BCUT2D eigenvalue weighted by Gasteiger charge is -2.09. The van der Waals surface area contributed by atoms with Crippen LogP contribution in [0.2, 0.25) is 0 Å². The molecule has 4 aromatic rings. The molecule has 1 N–H and O–H groups in total. The Morgan fingerprint density at radius 1 is 1.00 bits per heavy atom. The predicted molar refractivity (Wildman–Crippen MR) is 122 cm³/mol. The number of fused-ring (bicyclic) bond motifs is 3. The number of anilines is 1. The number of carbonyl (C=O) groups is 3. The standard InChI is InChI=1S/C22H19N5O5S/c1-27-16-7-5-4-6-15(16)18-19(27)24-22(26-25-18)33-11-17(28)23-14-9-12(20(29)31-2)8-13(10-14)21(30)32-3/h4-10H,11H2,1-3H3,(H,23,28). The minimum atomic E-state index is -0.645. The molecule has 0 spiro atoms. The van der Waals surface area contributed by atoms with Gasteiger partial charge < -0.3 is 19.4 Å². The van der Waals surface area contributed by atoms with Crippen molar-refractivity contribution in [2.45, 2.75) is 5.16 Å². The highest BCUT2D eigenvalue weighted by molar-refractivity contribution is 7.99. The number of esters is 2. The van der Waals surface area contributed by atoms with Gasteiger partial charge in [0, 0.05) is 18.1 Å². The first-order chi connectivity index (χ1) is 15.9. The molecule has 168 valence electrons. The lowest BCUT2D eigenvalue weighted by Crippen LogP contribution is -2.16. The second-order valence-corrected chi connectivity index (χ2v) is 7.90. The smallest absolute Gasteiger partial charge is 0.337 e. The molecule has 10 nitrogen and oxygen atoms in total. The molecule has 0 aliphatic rings. The Morgan fingerprint density at radius 2 is 1.67 bits per heavy atom. The highest BCUT2D eigenvalue weighted by atomic mass is 32.2. The molecule has 0 saturated carbocycles. The first kappa shape index (κ1) is 22.2. The van der Waals surface area contributed by atoms with Gasteiger partial charge in [-0.2, -0.15) is 0 Å². The van der Waals surface area contributed by atoms with Crippen molar-refractivity contribution in [2.75, 3.05) is 25.3 Å². The van der Waals surface area contributed by atoms with E-state index in [1.165, 1.54) is 32.4 Å². The topological polar surface area (TPSA) is 125 Å². The van der Waals surface area contributed by atoms with Gasteiger partial charge in [-0.1, -0.05) is 30.0 Å². The molecule has 0 unspecified atom stereocenters. The average molecular weight is 465 g/mol. The van der Waals surface area contributed by atoms with Crippen molar-refractivity contribution in [2.24, 2.45) is 7.05 Å². The molecule has 1 amide bonds. The molecule has 0 aliphatic carbocycles. The lowest BCUT2D eigenvalue weighted by atomic mass is 10.1. The largest absolute Gasteiger partial charge is 0.465 e. The predicted octanol–water partition coefficient (Wildman–Crippen LogP) is 2.82. The number of ether oxygens (including phenoxy) is 2. The number of carbonyl (C=O) groups excluding carboxylic acids is 3. The number of benzene rings is 2. The zero-order valence-corrected chi connectivity index (χ0v) is 18.8. The van der Waals surface area contributed by atoms with Crippen LogP contribution in [-0.4, -0.2) is 57.6 Å². The first-order valence-electron chi connectivity index (χ1n) is 9.73. The summed E-state index contributed by atoms with van der Waals surface area (Å²) in [4.78, 5) is 40.9. The van der Waals surface area contributed by atoms with Gasteiger partial charge in [-0.05, 0) is 24.3 Å². The zero-order chi connectivity index (χ0) is 23.5. The fourth-order valence-electron chi connectivity index (χ4n) is 3.35. The molecule has 2 heterocycles. The monoisotopic (exact) mass is 465 g/mol. The normalized spacial score (nSPS) is 10.9. The maximum Gasteiger partial charge on any atom is 0.337 e. The van der Waals surface area contributed by atoms with Crippen molar-refractivity contribution in [3.8, 4) is 0 Å². The van der Waals surface area contributed by atoms with Gasteiger partial charge in [0.2, 0.25) is 11.1 Å². The van der Waals surface area contributed by atoms with Gasteiger partial charge in [-0.25, -0.2) is 14.6 Å². The van der Waals surface area contributed by atoms with E-state index >= 15 is 0 Å². The van der Waals surface area contributed by atoms with Crippen LogP contribution >= 0.6 is 11.8 Å². The summed E-state index contributed by atoms with van der Waals surface area (Å²) < 4.78 is 11.3. The molecule has 2 aromatic carbocycles. The summed E-state index contributed by atoms with van der Waals surface area (Å²) in [6, 6.07) is 12.0. The summed E-state index contributed by atoms with van der Waals surface area (Å²) >= 11 is 1.12. The quantitative estimate of drug-likeness (QED) is 0.338. The minimum Gasteiger partial charge on any atom is -0.465 e. The van der Waals surface area contributed by atoms with Crippen LogP contribution in [0.1, 0.15) is 20.7 Å². The summed E-state index contributed by atoms with van der Waals surface area (Å²) in [5.74, 6) is -1.67. The molecule has 2 aromatic heterocycles. The zero-order valence-electron chi connectivity index (χ0n) is 18.0. The maximum atomic E-state index is 12.5. The molecule has 0 radical (unpaired) electrons. The van der Waals surface area contributed by atoms with Gasteiger partial charge in [0.25, 0.3) is 0 Å². The number of thioether (sulfide) groups is 1. The second kappa shape index (κ2) is 9.25. The fraction of sp³-hybridized carbons (Fsp3) is 0.182. The molecule has 0 saturated heterocycles. The Morgan fingerprint density at radius 3 is 2.33 bits per heavy atom. The van der Waals surface area contributed by atoms with Gasteiger partial charge in [0.05, 0.1) is 36.6 Å². The number of amides is 1.